The lowest BCUT2D eigenvalue weighted by Crippen LogP contribution is -2.43. The number of H-pyrrole nitrogens is 1. The lowest BCUT2D eigenvalue weighted by Gasteiger charge is -2.24. The van der Waals surface area contributed by atoms with Gasteiger partial charge in [-0.05, 0) is 43.5 Å². The Bertz CT molecular complexity index is 983. The number of nitrogens with two attached hydrogens (primary N) is 1. The van der Waals surface area contributed by atoms with E-state index in [1.165, 1.54) is 9.47 Å². The van der Waals surface area contributed by atoms with Crippen molar-refractivity contribution in [2.24, 2.45) is 0 Å². The first-order valence-electron chi connectivity index (χ1n) is 9.62. The van der Waals surface area contributed by atoms with Crippen molar-refractivity contribution in [1.82, 2.24) is 9.55 Å². The summed E-state index contributed by atoms with van der Waals surface area (Å²) in [6, 6.07) is 5.08. The van der Waals surface area contributed by atoms with Gasteiger partial charge < -0.3 is 15.4 Å². The summed E-state index contributed by atoms with van der Waals surface area (Å²) in [6.45, 7) is 6.03. The third-order valence-corrected chi connectivity index (χ3v) is 4.88. The van der Waals surface area contributed by atoms with Crippen molar-refractivity contribution in [2.45, 2.75) is 46.6 Å². The minimum absolute atomic E-state index is 0.0173. The Morgan fingerprint density at radius 2 is 2.00 bits per heavy atom. The molecular weight excluding hydrogens is 396 g/mol. The molecule has 0 saturated heterocycles. The smallest absolute Gasteiger partial charge is 0.330 e. The minimum atomic E-state index is -0.690. The van der Waals surface area contributed by atoms with E-state index in [1.54, 1.807) is 18.2 Å². The fraction of sp³-hybridized carbons (Fsp3) is 0.450. The molecule has 2 aromatic rings. The maximum absolute atomic E-state index is 12.9. The van der Waals surface area contributed by atoms with Crippen molar-refractivity contribution in [1.29, 1.82) is 0 Å². The standard InChI is InChI=1S/C20H27ClN4O4/c1-4-6-10-25-18(22)17(19(27)23-20(25)28)24(9-5-2)16(26)12-29-14-7-8-15(21)13(3)11-14/h7-8,11H,4-6,9-10,12,22H2,1-3H3,(H,23,27,28). The topological polar surface area (TPSA) is 110 Å². The highest BCUT2D eigenvalue weighted by Gasteiger charge is 2.24. The number of amides is 1. The fourth-order valence-electron chi connectivity index (χ4n) is 2.89. The molecule has 1 aromatic carbocycles. The van der Waals surface area contributed by atoms with Gasteiger partial charge in [-0.15, -0.1) is 0 Å². The Balaban J connectivity index is 2.32. The van der Waals surface area contributed by atoms with Gasteiger partial charge in [-0.25, -0.2) is 4.79 Å². The van der Waals surface area contributed by atoms with Crippen LogP contribution in [0.5, 0.6) is 5.75 Å². The first-order valence-corrected chi connectivity index (χ1v) is 9.99. The van der Waals surface area contributed by atoms with Crippen LogP contribution >= 0.6 is 11.6 Å². The lowest BCUT2D eigenvalue weighted by molar-refractivity contribution is -0.120. The number of benzene rings is 1. The number of carbonyl (C=O) groups is 1. The largest absolute Gasteiger partial charge is 0.484 e. The number of aromatic nitrogens is 2. The summed E-state index contributed by atoms with van der Waals surface area (Å²) in [6.07, 6.45) is 2.17. The SMILES string of the molecule is CCCCn1c(N)c(N(CCC)C(=O)COc2ccc(Cl)c(C)c2)c(=O)[nH]c1=O. The number of carbonyl (C=O) groups excluding carboxylic acids is 1. The summed E-state index contributed by atoms with van der Waals surface area (Å²) in [5, 5.41) is 0.602. The van der Waals surface area contributed by atoms with Crippen LogP contribution in [-0.2, 0) is 11.3 Å². The molecule has 0 aliphatic rings. The van der Waals surface area contributed by atoms with Crippen LogP contribution in [0.3, 0.4) is 0 Å². The first kappa shape index (κ1) is 22.5. The number of nitrogen functional groups attached to an aromatic ring is 1. The Morgan fingerprint density at radius 3 is 2.62 bits per heavy atom. The fourth-order valence-corrected chi connectivity index (χ4v) is 3.01. The Kier molecular flexibility index (Phi) is 7.90. The summed E-state index contributed by atoms with van der Waals surface area (Å²) in [7, 11) is 0. The molecule has 0 unspecified atom stereocenters. The Labute approximate surface area is 174 Å². The molecule has 1 heterocycles. The van der Waals surface area contributed by atoms with Gasteiger partial charge in [0.1, 0.15) is 11.6 Å². The Hall–Kier alpha value is -2.74. The zero-order valence-electron chi connectivity index (χ0n) is 17.0. The van der Waals surface area contributed by atoms with Gasteiger partial charge in [0.25, 0.3) is 11.5 Å². The van der Waals surface area contributed by atoms with Gasteiger partial charge in [-0.1, -0.05) is 31.9 Å². The monoisotopic (exact) mass is 422 g/mol. The van der Waals surface area contributed by atoms with E-state index in [9.17, 15) is 14.4 Å². The van der Waals surface area contributed by atoms with E-state index in [0.717, 1.165) is 18.4 Å². The maximum atomic E-state index is 12.9. The van der Waals surface area contributed by atoms with Crippen molar-refractivity contribution < 1.29 is 9.53 Å². The van der Waals surface area contributed by atoms with Crippen LogP contribution in [0.1, 0.15) is 38.7 Å². The van der Waals surface area contributed by atoms with E-state index >= 15 is 0 Å². The molecule has 0 bridgehead atoms. The third-order valence-electron chi connectivity index (χ3n) is 4.46. The van der Waals surface area contributed by atoms with E-state index in [-0.39, 0.29) is 24.7 Å². The van der Waals surface area contributed by atoms with Crippen LogP contribution in [0.25, 0.3) is 0 Å². The van der Waals surface area contributed by atoms with Crippen LogP contribution in [-0.4, -0.2) is 28.6 Å². The number of nitrogens with one attached hydrogen (secondary N) is 1. The molecule has 29 heavy (non-hydrogen) atoms. The average Bonchev–Trinajstić information content (AvgIpc) is 2.67. The molecule has 0 aliphatic carbocycles. The second-order valence-electron chi connectivity index (χ2n) is 6.74. The van der Waals surface area contributed by atoms with Crippen LogP contribution < -0.4 is 26.6 Å². The number of aromatic amines is 1. The summed E-state index contributed by atoms with van der Waals surface area (Å²) >= 11 is 6.00. The van der Waals surface area contributed by atoms with Crippen molar-refractivity contribution in [3.05, 3.63) is 49.6 Å². The third kappa shape index (κ3) is 5.41. The predicted molar refractivity (Wildman–Crippen MR) is 115 cm³/mol. The molecule has 0 radical (unpaired) electrons. The lowest BCUT2D eigenvalue weighted by atomic mass is 10.2. The van der Waals surface area contributed by atoms with Gasteiger partial charge in [0.15, 0.2) is 12.3 Å². The number of hydrogen-bond donors (Lipinski definition) is 2. The molecule has 0 aliphatic heterocycles. The van der Waals surface area contributed by atoms with Crippen molar-refractivity contribution in [3.63, 3.8) is 0 Å². The zero-order chi connectivity index (χ0) is 21.6. The van der Waals surface area contributed by atoms with E-state index < -0.39 is 17.2 Å². The molecule has 3 N–H and O–H groups in total. The number of ether oxygens (including phenoxy) is 1. The normalized spacial score (nSPS) is 10.8. The van der Waals surface area contributed by atoms with Gasteiger partial charge in [0, 0.05) is 18.1 Å². The van der Waals surface area contributed by atoms with Crippen LogP contribution in [0.15, 0.2) is 27.8 Å². The zero-order valence-corrected chi connectivity index (χ0v) is 17.7. The predicted octanol–water partition coefficient (Wildman–Crippen LogP) is 2.70. The summed E-state index contributed by atoms with van der Waals surface area (Å²) in [5.74, 6) is 0.0418. The summed E-state index contributed by atoms with van der Waals surface area (Å²) in [5.41, 5.74) is 5.66. The van der Waals surface area contributed by atoms with Gasteiger partial charge in [0.05, 0.1) is 0 Å². The van der Waals surface area contributed by atoms with Crippen LogP contribution in [0.4, 0.5) is 11.5 Å². The second kappa shape index (κ2) is 10.2. The summed E-state index contributed by atoms with van der Waals surface area (Å²) in [4.78, 5) is 41.0. The molecule has 0 spiro atoms. The number of anilines is 2. The highest BCUT2D eigenvalue weighted by atomic mass is 35.5. The van der Waals surface area contributed by atoms with E-state index in [4.69, 9.17) is 22.1 Å². The van der Waals surface area contributed by atoms with Gasteiger partial charge in [0.2, 0.25) is 0 Å². The van der Waals surface area contributed by atoms with Crippen molar-refractivity contribution in [3.8, 4) is 5.75 Å². The quantitative estimate of drug-likeness (QED) is 0.645. The molecule has 8 nitrogen and oxygen atoms in total. The number of hydrogen-bond acceptors (Lipinski definition) is 5. The van der Waals surface area contributed by atoms with Crippen LogP contribution in [0, 0.1) is 6.92 Å². The highest BCUT2D eigenvalue weighted by Crippen LogP contribution is 2.22. The number of aryl methyl sites for hydroxylation is 1. The van der Waals surface area contributed by atoms with Gasteiger partial charge in [-0.2, -0.15) is 0 Å². The van der Waals surface area contributed by atoms with E-state index in [2.05, 4.69) is 4.98 Å². The molecular formula is C20H27ClN4O4. The van der Waals surface area contributed by atoms with Gasteiger partial charge in [-0.3, -0.25) is 19.1 Å². The van der Waals surface area contributed by atoms with Crippen molar-refractivity contribution >= 4 is 29.0 Å². The summed E-state index contributed by atoms with van der Waals surface area (Å²) < 4.78 is 6.87. The molecule has 1 amide bonds. The van der Waals surface area contributed by atoms with E-state index in [0.29, 0.717) is 23.7 Å². The molecule has 1 aromatic heterocycles. The number of halogens is 1. The maximum Gasteiger partial charge on any atom is 0.330 e. The van der Waals surface area contributed by atoms with Crippen molar-refractivity contribution in [2.75, 3.05) is 23.8 Å². The minimum Gasteiger partial charge on any atom is -0.484 e. The van der Waals surface area contributed by atoms with E-state index in [1.807, 2.05) is 20.8 Å². The first-order chi connectivity index (χ1) is 13.8. The molecule has 158 valence electrons. The average molecular weight is 423 g/mol. The van der Waals surface area contributed by atoms with Crippen LogP contribution in [0.2, 0.25) is 5.02 Å². The molecule has 9 heteroatoms. The molecule has 0 fully saturated rings. The number of unbranched alkanes of at least 4 members (excludes halogenated alkanes) is 1. The number of rotatable bonds is 9. The highest BCUT2D eigenvalue weighted by molar-refractivity contribution is 6.31. The molecule has 0 saturated carbocycles. The van der Waals surface area contributed by atoms with Gasteiger partial charge >= 0.3 is 5.69 Å². The number of nitrogens with zero attached hydrogens (tertiary/aromatic N) is 2. The second-order valence-corrected chi connectivity index (χ2v) is 7.15. The molecule has 0 atom stereocenters. The Morgan fingerprint density at radius 1 is 1.28 bits per heavy atom. The molecule has 2 rings (SSSR count).